The van der Waals surface area contributed by atoms with E-state index in [2.05, 4.69) is 20.4 Å². The van der Waals surface area contributed by atoms with Crippen molar-refractivity contribution >= 4 is 22.9 Å². The van der Waals surface area contributed by atoms with E-state index in [1.165, 1.54) is 30.0 Å². The number of nitrogens with one attached hydrogen (secondary N) is 1. The summed E-state index contributed by atoms with van der Waals surface area (Å²) in [6, 6.07) is 5.84. The van der Waals surface area contributed by atoms with Crippen molar-refractivity contribution in [1.82, 2.24) is 15.1 Å². The molecule has 2 heterocycles. The minimum Gasteiger partial charge on any atom is -0.325 e. The minimum atomic E-state index is -0.304. The summed E-state index contributed by atoms with van der Waals surface area (Å²) in [5, 5.41) is 13.9. The summed E-state index contributed by atoms with van der Waals surface area (Å²) in [7, 11) is 0. The van der Waals surface area contributed by atoms with Crippen molar-refractivity contribution in [1.29, 1.82) is 0 Å². The van der Waals surface area contributed by atoms with Crippen molar-refractivity contribution in [3.63, 3.8) is 0 Å². The molecule has 2 aromatic rings. The number of hydrogen-bond donors (Lipinski definition) is 1. The molecule has 1 aliphatic carbocycles. The Kier molecular flexibility index (Phi) is 4.76. The first-order valence-corrected chi connectivity index (χ1v) is 9.60. The molecule has 0 bridgehead atoms. The van der Waals surface area contributed by atoms with Crippen molar-refractivity contribution in [2.24, 2.45) is 0 Å². The van der Waals surface area contributed by atoms with Crippen LogP contribution < -0.4 is 5.32 Å². The van der Waals surface area contributed by atoms with E-state index < -0.39 is 0 Å². The molecule has 2 fully saturated rings. The number of amides is 1. The van der Waals surface area contributed by atoms with Gasteiger partial charge in [0.1, 0.15) is 15.8 Å². The van der Waals surface area contributed by atoms with Crippen LogP contribution in [0.5, 0.6) is 0 Å². The number of benzene rings is 1. The Morgan fingerprint density at radius 1 is 1.08 bits per heavy atom. The number of rotatable bonds is 5. The van der Waals surface area contributed by atoms with Crippen LogP contribution in [-0.2, 0) is 4.79 Å². The zero-order valence-corrected chi connectivity index (χ0v) is 14.8. The SMILES string of the molecule is O=C(CN1CCC(c2nnc(C3CC3)s2)CC1)Nc1ccc(F)cc1. The summed E-state index contributed by atoms with van der Waals surface area (Å²) in [6.45, 7) is 2.15. The molecule has 1 saturated carbocycles. The molecule has 0 unspecified atom stereocenters. The van der Waals surface area contributed by atoms with Gasteiger partial charge in [0.2, 0.25) is 5.91 Å². The van der Waals surface area contributed by atoms with Gasteiger partial charge in [-0.1, -0.05) is 0 Å². The first-order chi connectivity index (χ1) is 12.2. The van der Waals surface area contributed by atoms with Gasteiger partial charge < -0.3 is 5.32 Å². The molecule has 1 amide bonds. The van der Waals surface area contributed by atoms with Gasteiger partial charge >= 0.3 is 0 Å². The molecule has 1 saturated heterocycles. The Morgan fingerprint density at radius 2 is 1.68 bits per heavy atom. The summed E-state index contributed by atoms with van der Waals surface area (Å²) < 4.78 is 12.9. The van der Waals surface area contributed by atoms with Crippen LogP contribution in [0.1, 0.15) is 47.5 Å². The molecule has 7 heteroatoms. The van der Waals surface area contributed by atoms with Crippen LogP contribution in [0, 0.1) is 5.82 Å². The third kappa shape index (κ3) is 4.22. The zero-order chi connectivity index (χ0) is 17.2. The molecule has 2 aliphatic rings. The minimum absolute atomic E-state index is 0.0583. The largest absolute Gasteiger partial charge is 0.325 e. The molecule has 25 heavy (non-hydrogen) atoms. The van der Waals surface area contributed by atoms with E-state index in [0.29, 0.717) is 24.1 Å². The first-order valence-electron chi connectivity index (χ1n) is 8.78. The van der Waals surface area contributed by atoms with Gasteiger partial charge in [0.05, 0.1) is 6.54 Å². The van der Waals surface area contributed by atoms with Gasteiger partial charge in [-0.15, -0.1) is 21.5 Å². The number of anilines is 1. The third-order valence-corrected chi connectivity index (χ3v) is 6.06. The van der Waals surface area contributed by atoms with E-state index in [4.69, 9.17) is 0 Å². The Labute approximate surface area is 150 Å². The fourth-order valence-corrected chi connectivity index (χ4v) is 4.36. The molecule has 0 radical (unpaired) electrons. The Bertz CT molecular complexity index is 736. The quantitative estimate of drug-likeness (QED) is 0.888. The maximum Gasteiger partial charge on any atom is 0.238 e. The molecule has 0 spiro atoms. The highest BCUT2D eigenvalue weighted by Gasteiger charge is 2.30. The second-order valence-electron chi connectivity index (χ2n) is 6.86. The van der Waals surface area contributed by atoms with Gasteiger partial charge in [0.25, 0.3) is 0 Å². The monoisotopic (exact) mass is 360 g/mol. The fourth-order valence-electron chi connectivity index (χ4n) is 3.18. The second-order valence-corrected chi connectivity index (χ2v) is 7.90. The van der Waals surface area contributed by atoms with Gasteiger partial charge in [-0.25, -0.2) is 4.39 Å². The molecular formula is C18H21FN4OS. The molecule has 5 nitrogen and oxygen atoms in total. The van der Waals surface area contributed by atoms with E-state index in [1.807, 2.05) is 0 Å². The van der Waals surface area contributed by atoms with E-state index in [0.717, 1.165) is 30.9 Å². The van der Waals surface area contributed by atoms with Crippen LogP contribution in [0.15, 0.2) is 24.3 Å². The van der Waals surface area contributed by atoms with Gasteiger partial charge in [0, 0.05) is 17.5 Å². The van der Waals surface area contributed by atoms with Crippen LogP contribution in [0.3, 0.4) is 0 Å². The van der Waals surface area contributed by atoms with Crippen LogP contribution in [-0.4, -0.2) is 40.6 Å². The molecule has 4 rings (SSSR count). The highest BCUT2D eigenvalue weighted by atomic mass is 32.1. The van der Waals surface area contributed by atoms with Crippen molar-refractivity contribution in [2.75, 3.05) is 25.0 Å². The van der Waals surface area contributed by atoms with Crippen molar-refractivity contribution in [2.45, 2.75) is 37.5 Å². The van der Waals surface area contributed by atoms with Crippen molar-refractivity contribution < 1.29 is 9.18 Å². The Hall–Kier alpha value is -1.86. The molecule has 1 aliphatic heterocycles. The van der Waals surface area contributed by atoms with Gasteiger partial charge in [-0.3, -0.25) is 9.69 Å². The normalized spacial score (nSPS) is 19.1. The lowest BCUT2D eigenvalue weighted by Gasteiger charge is -2.30. The van der Waals surface area contributed by atoms with Gasteiger partial charge in [-0.05, 0) is 63.0 Å². The summed E-state index contributed by atoms with van der Waals surface area (Å²) in [5.41, 5.74) is 0.628. The maximum atomic E-state index is 12.9. The van der Waals surface area contributed by atoms with E-state index in [1.54, 1.807) is 23.5 Å². The standard InChI is InChI=1S/C18H21FN4OS/c19-14-3-5-15(6-4-14)20-16(24)11-23-9-7-13(8-10-23)18-22-21-17(25-18)12-1-2-12/h3-6,12-13H,1-2,7-11H2,(H,20,24). The molecule has 1 N–H and O–H groups in total. The van der Waals surface area contributed by atoms with E-state index in [-0.39, 0.29) is 11.7 Å². The smallest absolute Gasteiger partial charge is 0.238 e. The van der Waals surface area contributed by atoms with Crippen LogP contribution >= 0.6 is 11.3 Å². The predicted octanol–water partition coefficient (Wildman–Crippen LogP) is 3.37. The van der Waals surface area contributed by atoms with E-state index in [9.17, 15) is 9.18 Å². The summed E-state index contributed by atoms with van der Waals surface area (Å²) in [5.74, 6) is 0.779. The number of nitrogens with zero attached hydrogens (tertiary/aromatic N) is 3. The van der Waals surface area contributed by atoms with Gasteiger partial charge in [-0.2, -0.15) is 0 Å². The number of carbonyl (C=O) groups excluding carboxylic acids is 1. The average Bonchev–Trinajstić information content (AvgIpc) is 3.35. The van der Waals surface area contributed by atoms with Crippen LogP contribution in [0.4, 0.5) is 10.1 Å². The number of carbonyl (C=O) groups is 1. The maximum absolute atomic E-state index is 12.9. The van der Waals surface area contributed by atoms with Crippen molar-refractivity contribution in [3.05, 3.63) is 40.1 Å². The molecular weight excluding hydrogens is 339 g/mol. The number of hydrogen-bond acceptors (Lipinski definition) is 5. The third-order valence-electron chi connectivity index (χ3n) is 4.81. The fraction of sp³-hybridized carbons (Fsp3) is 0.500. The molecule has 1 aromatic carbocycles. The Balaban J connectivity index is 1.25. The lowest BCUT2D eigenvalue weighted by molar-refractivity contribution is -0.117. The molecule has 1 aromatic heterocycles. The van der Waals surface area contributed by atoms with Crippen LogP contribution in [0.25, 0.3) is 0 Å². The topological polar surface area (TPSA) is 58.1 Å². The lowest BCUT2D eigenvalue weighted by atomic mass is 9.98. The zero-order valence-electron chi connectivity index (χ0n) is 13.9. The number of likely N-dealkylation sites (tertiary alicyclic amines) is 1. The summed E-state index contributed by atoms with van der Waals surface area (Å²) in [6.07, 6.45) is 4.55. The number of halogens is 1. The molecule has 0 atom stereocenters. The summed E-state index contributed by atoms with van der Waals surface area (Å²) in [4.78, 5) is 14.3. The highest BCUT2D eigenvalue weighted by molar-refractivity contribution is 7.11. The Morgan fingerprint density at radius 3 is 2.28 bits per heavy atom. The van der Waals surface area contributed by atoms with Crippen LogP contribution in [0.2, 0.25) is 0 Å². The number of aromatic nitrogens is 2. The lowest BCUT2D eigenvalue weighted by Crippen LogP contribution is -2.38. The summed E-state index contributed by atoms with van der Waals surface area (Å²) >= 11 is 1.78. The first kappa shape index (κ1) is 16.6. The highest BCUT2D eigenvalue weighted by Crippen LogP contribution is 2.43. The molecule has 132 valence electrons. The second kappa shape index (κ2) is 7.17. The predicted molar refractivity (Wildman–Crippen MR) is 95.3 cm³/mol. The average molecular weight is 360 g/mol. The number of piperidine rings is 1. The van der Waals surface area contributed by atoms with Gasteiger partial charge in [0.15, 0.2) is 0 Å². The van der Waals surface area contributed by atoms with E-state index >= 15 is 0 Å². The van der Waals surface area contributed by atoms with Crippen molar-refractivity contribution in [3.8, 4) is 0 Å².